The second kappa shape index (κ2) is 10.6. The molecule has 0 spiro atoms. The summed E-state index contributed by atoms with van der Waals surface area (Å²) >= 11 is 1.79. The third kappa shape index (κ3) is 7.23. The largest absolute Gasteiger partial charge is 0.356 e. The van der Waals surface area contributed by atoms with Crippen molar-refractivity contribution >= 4 is 29.0 Å². The summed E-state index contributed by atoms with van der Waals surface area (Å²) in [4.78, 5) is 21.8. The smallest absolute Gasteiger partial charge is 0.227 e. The maximum atomic E-state index is 12.0. The number of aryl methyl sites for hydroxylation is 1. The molecule has 7 heteroatoms. The van der Waals surface area contributed by atoms with E-state index < -0.39 is 0 Å². The Morgan fingerprint density at radius 2 is 2.12 bits per heavy atom. The van der Waals surface area contributed by atoms with Crippen LogP contribution < -0.4 is 16.0 Å². The quantitative estimate of drug-likeness (QED) is 0.491. The van der Waals surface area contributed by atoms with Crippen molar-refractivity contribution in [1.82, 2.24) is 15.6 Å². The first-order valence-corrected chi connectivity index (χ1v) is 9.65. The molecule has 0 saturated carbocycles. The lowest BCUT2D eigenvalue weighted by molar-refractivity contribution is -0.116. The maximum Gasteiger partial charge on any atom is 0.227 e. The Balaban J connectivity index is 1.65. The molecule has 0 bridgehead atoms. The number of pyridine rings is 1. The minimum Gasteiger partial charge on any atom is -0.356 e. The summed E-state index contributed by atoms with van der Waals surface area (Å²) in [5.74, 6) is 1.73. The molecule has 2 aromatic rings. The molecule has 2 rings (SSSR count). The highest BCUT2D eigenvalue weighted by atomic mass is 32.1. The lowest BCUT2D eigenvalue weighted by atomic mass is 10.1. The van der Waals surface area contributed by atoms with Crippen LogP contribution in [0, 0.1) is 12.8 Å². The topological polar surface area (TPSA) is 78.4 Å². The first-order valence-electron chi connectivity index (χ1n) is 8.77. The predicted octanol–water partition coefficient (Wildman–Crippen LogP) is 2.82. The van der Waals surface area contributed by atoms with Gasteiger partial charge in [0.25, 0.3) is 0 Å². The molecule has 0 aliphatic rings. The van der Waals surface area contributed by atoms with E-state index in [1.54, 1.807) is 24.5 Å². The van der Waals surface area contributed by atoms with Gasteiger partial charge in [-0.05, 0) is 42.8 Å². The molecule has 0 saturated heterocycles. The Morgan fingerprint density at radius 1 is 1.27 bits per heavy atom. The van der Waals surface area contributed by atoms with E-state index in [4.69, 9.17) is 0 Å². The van der Waals surface area contributed by atoms with Crippen molar-refractivity contribution in [2.45, 2.75) is 26.7 Å². The fourth-order valence-corrected chi connectivity index (χ4v) is 3.32. The van der Waals surface area contributed by atoms with Gasteiger partial charge in [-0.15, -0.1) is 11.3 Å². The van der Waals surface area contributed by atoms with Crippen LogP contribution in [0.3, 0.4) is 0 Å². The summed E-state index contributed by atoms with van der Waals surface area (Å²) in [6.45, 7) is 5.45. The molecular weight excluding hydrogens is 346 g/mol. The number of amides is 1. The van der Waals surface area contributed by atoms with Crippen LogP contribution in [-0.4, -0.2) is 37.0 Å². The average molecular weight is 374 g/mol. The van der Waals surface area contributed by atoms with Gasteiger partial charge in [0, 0.05) is 37.1 Å². The van der Waals surface area contributed by atoms with Crippen LogP contribution in [-0.2, 0) is 11.2 Å². The SMILES string of the molecule is CN=C(NCCC(=O)Nc1cccc(C)n1)NCC(C)Cc1cccs1. The van der Waals surface area contributed by atoms with Crippen LogP contribution in [0.25, 0.3) is 0 Å². The van der Waals surface area contributed by atoms with Crippen molar-refractivity contribution in [3.63, 3.8) is 0 Å². The second-order valence-electron chi connectivity index (χ2n) is 6.23. The third-order valence-corrected chi connectivity index (χ3v) is 4.67. The number of carbonyl (C=O) groups is 1. The highest BCUT2D eigenvalue weighted by molar-refractivity contribution is 7.09. The summed E-state index contributed by atoms with van der Waals surface area (Å²) in [7, 11) is 1.73. The lowest BCUT2D eigenvalue weighted by Gasteiger charge is -2.15. The van der Waals surface area contributed by atoms with Gasteiger partial charge in [0.15, 0.2) is 5.96 Å². The van der Waals surface area contributed by atoms with Gasteiger partial charge in [0.1, 0.15) is 5.82 Å². The third-order valence-electron chi connectivity index (χ3n) is 3.77. The number of guanidine groups is 1. The normalized spacial score (nSPS) is 12.5. The average Bonchev–Trinajstić information content (AvgIpc) is 3.10. The molecule has 1 amide bonds. The number of carbonyl (C=O) groups excluding carboxylic acids is 1. The number of anilines is 1. The minimum absolute atomic E-state index is 0.0721. The van der Waals surface area contributed by atoms with Gasteiger partial charge in [0.05, 0.1) is 0 Å². The first-order chi connectivity index (χ1) is 12.6. The molecule has 0 radical (unpaired) electrons. The Morgan fingerprint density at radius 3 is 2.81 bits per heavy atom. The highest BCUT2D eigenvalue weighted by Gasteiger charge is 2.07. The van der Waals surface area contributed by atoms with E-state index in [9.17, 15) is 4.79 Å². The van der Waals surface area contributed by atoms with Crippen LogP contribution in [0.2, 0.25) is 0 Å². The Hall–Kier alpha value is -2.41. The molecule has 26 heavy (non-hydrogen) atoms. The molecule has 6 nitrogen and oxygen atoms in total. The fourth-order valence-electron chi connectivity index (χ4n) is 2.45. The molecule has 0 fully saturated rings. The zero-order chi connectivity index (χ0) is 18.8. The number of thiophene rings is 1. The fraction of sp³-hybridized carbons (Fsp3) is 0.421. The first kappa shape index (κ1) is 19.9. The molecule has 2 aromatic heterocycles. The minimum atomic E-state index is -0.0721. The van der Waals surface area contributed by atoms with Gasteiger partial charge in [0.2, 0.25) is 5.91 Å². The number of nitrogens with one attached hydrogen (secondary N) is 3. The number of nitrogens with zero attached hydrogens (tertiary/aromatic N) is 2. The van der Waals surface area contributed by atoms with Gasteiger partial charge in [-0.2, -0.15) is 0 Å². The van der Waals surface area contributed by atoms with E-state index in [2.05, 4.69) is 50.4 Å². The Kier molecular flexibility index (Phi) is 8.08. The lowest BCUT2D eigenvalue weighted by Crippen LogP contribution is -2.40. The highest BCUT2D eigenvalue weighted by Crippen LogP contribution is 2.13. The summed E-state index contributed by atoms with van der Waals surface area (Å²) in [6.07, 6.45) is 1.40. The maximum absolute atomic E-state index is 12.0. The van der Waals surface area contributed by atoms with E-state index in [0.29, 0.717) is 30.7 Å². The van der Waals surface area contributed by atoms with E-state index in [1.165, 1.54) is 4.88 Å². The molecule has 0 aliphatic heterocycles. The van der Waals surface area contributed by atoms with Crippen LogP contribution in [0.15, 0.2) is 40.7 Å². The van der Waals surface area contributed by atoms with Gasteiger partial charge in [-0.3, -0.25) is 9.79 Å². The van der Waals surface area contributed by atoms with Gasteiger partial charge in [-0.1, -0.05) is 19.1 Å². The van der Waals surface area contributed by atoms with E-state index in [1.807, 2.05) is 19.1 Å². The molecule has 3 N–H and O–H groups in total. The van der Waals surface area contributed by atoms with Gasteiger partial charge < -0.3 is 16.0 Å². The number of aliphatic imine (C=N–C) groups is 1. The van der Waals surface area contributed by atoms with E-state index >= 15 is 0 Å². The molecule has 1 unspecified atom stereocenters. The second-order valence-corrected chi connectivity index (χ2v) is 7.26. The number of rotatable bonds is 8. The number of hydrogen-bond acceptors (Lipinski definition) is 4. The Bertz CT molecular complexity index is 714. The van der Waals surface area contributed by atoms with Crippen molar-refractivity contribution < 1.29 is 4.79 Å². The molecule has 1 atom stereocenters. The van der Waals surface area contributed by atoms with E-state index in [-0.39, 0.29) is 5.91 Å². The molecule has 140 valence electrons. The molecular formula is C19H27N5OS. The zero-order valence-corrected chi connectivity index (χ0v) is 16.4. The van der Waals surface area contributed by atoms with Gasteiger partial charge in [-0.25, -0.2) is 4.98 Å². The standard InChI is InChI=1S/C19H27N5OS/c1-14(12-16-7-5-11-26-16)13-22-19(20-3)21-10-9-18(25)24-17-8-4-6-15(2)23-17/h4-8,11,14H,9-10,12-13H2,1-3H3,(H2,20,21,22)(H,23,24,25). The van der Waals surface area contributed by atoms with Crippen LogP contribution in [0.1, 0.15) is 23.9 Å². The van der Waals surface area contributed by atoms with Crippen molar-refractivity contribution in [3.8, 4) is 0 Å². The number of hydrogen-bond donors (Lipinski definition) is 3. The van der Waals surface area contributed by atoms with Crippen molar-refractivity contribution in [2.75, 3.05) is 25.5 Å². The summed E-state index contributed by atoms with van der Waals surface area (Å²) in [5.41, 5.74) is 0.877. The van der Waals surface area contributed by atoms with Crippen LogP contribution in [0.5, 0.6) is 0 Å². The van der Waals surface area contributed by atoms with Crippen LogP contribution >= 0.6 is 11.3 Å². The molecule has 0 aromatic carbocycles. The van der Waals surface area contributed by atoms with E-state index in [0.717, 1.165) is 18.7 Å². The van der Waals surface area contributed by atoms with Crippen molar-refractivity contribution in [2.24, 2.45) is 10.9 Å². The summed E-state index contributed by atoms with van der Waals surface area (Å²) < 4.78 is 0. The summed E-state index contributed by atoms with van der Waals surface area (Å²) in [5, 5.41) is 11.4. The monoisotopic (exact) mass is 373 g/mol. The van der Waals surface area contributed by atoms with Crippen molar-refractivity contribution in [1.29, 1.82) is 0 Å². The van der Waals surface area contributed by atoms with Gasteiger partial charge >= 0.3 is 0 Å². The Labute approximate surface area is 159 Å². The molecule has 0 aliphatic carbocycles. The summed E-state index contributed by atoms with van der Waals surface area (Å²) in [6, 6.07) is 9.80. The zero-order valence-electron chi connectivity index (χ0n) is 15.6. The molecule has 2 heterocycles. The van der Waals surface area contributed by atoms with Crippen molar-refractivity contribution in [3.05, 3.63) is 46.3 Å². The number of aromatic nitrogens is 1. The predicted molar refractivity (Wildman–Crippen MR) is 109 cm³/mol. The van der Waals surface area contributed by atoms with Crippen LogP contribution in [0.4, 0.5) is 5.82 Å².